The summed E-state index contributed by atoms with van der Waals surface area (Å²) < 4.78 is 104. The molecule has 1 aliphatic carbocycles. The van der Waals surface area contributed by atoms with Gasteiger partial charge in [0.05, 0.1) is 77.4 Å². The second-order valence-electron chi connectivity index (χ2n) is 19.5. The smallest absolute Gasteiger partial charge is 0.318 e. The molecular formula is C54H74N4O17S3. The molecule has 3 aliphatic heterocycles. The molecule has 3 amide bonds. The van der Waals surface area contributed by atoms with E-state index in [9.17, 15) is 49.9 Å². The van der Waals surface area contributed by atoms with E-state index in [4.69, 9.17) is 34.2 Å². The highest BCUT2D eigenvalue weighted by atomic mass is 32.2. The van der Waals surface area contributed by atoms with Gasteiger partial charge in [0.15, 0.2) is 11.5 Å². The number of fused-ring (bicyclic) bond motifs is 3. The van der Waals surface area contributed by atoms with E-state index < -0.39 is 59.6 Å². The number of esters is 1. The van der Waals surface area contributed by atoms with E-state index in [2.05, 4.69) is 10.6 Å². The third kappa shape index (κ3) is 16.8. The van der Waals surface area contributed by atoms with Crippen molar-refractivity contribution in [3.05, 3.63) is 86.5 Å². The minimum atomic E-state index is -4.97. The van der Waals surface area contributed by atoms with Gasteiger partial charge in [0.2, 0.25) is 0 Å². The van der Waals surface area contributed by atoms with E-state index >= 15 is 0 Å². The van der Waals surface area contributed by atoms with E-state index in [0.29, 0.717) is 100 Å². The Morgan fingerprint density at radius 1 is 0.833 bits per heavy atom. The molecule has 2 aromatic carbocycles. The number of thioether (sulfide) groups is 1. The van der Waals surface area contributed by atoms with Gasteiger partial charge in [-0.3, -0.25) is 28.3 Å². The lowest BCUT2D eigenvalue weighted by Crippen LogP contribution is -2.40. The number of rotatable bonds is 34. The van der Waals surface area contributed by atoms with E-state index in [1.807, 2.05) is 23.6 Å². The molecule has 2 saturated heterocycles. The molecule has 0 saturated carbocycles. The number of benzene rings is 2. The highest BCUT2D eigenvalue weighted by molar-refractivity contribution is 8.00. The predicted octanol–water partition coefficient (Wildman–Crippen LogP) is 5.65. The number of nitrogens with zero attached hydrogens (tertiary/aromatic N) is 1. The number of carbonyl (C=O) groups is 5. The van der Waals surface area contributed by atoms with E-state index in [0.717, 1.165) is 31.6 Å². The Morgan fingerprint density at radius 2 is 1.50 bits per heavy atom. The van der Waals surface area contributed by atoms with Gasteiger partial charge in [-0.1, -0.05) is 43.2 Å². The van der Waals surface area contributed by atoms with Crippen LogP contribution in [0.25, 0.3) is 5.57 Å². The lowest BCUT2D eigenvalue weighted by atomic mass is 9.84. The summed E-state index contributed by atoms with van der Waals surface area (Å²) in [7, 11) is -8.61. The summed E-state index contributed by atoms with van der Waals surface area (Å²) in [5, 5.41) is 6.38. The van der Waals surface area contributed by atoms with Gasteiger partial charge in [-0.25, -0.2) is 4.79 Å². The summed E-state index contributed by atoms with van der Waals surface area (Å²) in [6.07, 6.45) is 8.88. The highest BCUT2D eigenvalue weighted by Gasteiger charge is 2.47. The van der Waals surface area contributed by atoms with Crippen LogP contribution in [0.4, 0.5) is 4.79 Å². The second kappa shape index (κ2) is 29.4. The Kier molecular flexibility index (Phi) is 23.5. The van der Waals surface area contributed by atoms with Crippen LogP contribution >= 0.6 is 11.8 Å². The first-order chi connectivity index (χ1) is 37.2. The fourth-order valence-electron chi connectivity index (χ4n) is 10.1. The summed E-state index contributed by atoms with van der Waals surface area (Å²) in [6.45, 7) is 8.91. The molecule has 0 bridgehead atoms. The van der Waals surface area contributed by atoms with Gasteiger partial charge >= 0.3 is 12.0 Å². The zero-order valence-electron chi connectivity index (χ0n) is 44.8. The molecule has 5 atom stereocenters. The van der Waals surface area contributed by atoms with Crippen LogP contribution in [0.1, 0.15) is 110 Å². The van der Waals surface area contributed by atoms with Crippen LogP contribution in [0, 0.1) is 19.8 Å². The number of allylic oxidation sites excluding steroid dienone is 1. The molecule has 2 aromatic rings. The quantitative estimate of drug-likeness (QED) is 0.0245. The van der Waals surface area contributed by atoms with Gasteiger partial charge in [-0.2, -0.15) is 28.6 Å². The Hall–Kier alpha value is -5.02. The number of unbranched alkanes of at least 4 members (excludes halogenated alkanes) is 2. The van der Waals surface area contributed by atoms with Crippen LogP contribution < -0.4 is 21.1 Å². The molecule has 6 rings (SSSR count). The Balaban J connectivity index is 0.817. The lowest BCUT2D eigenvalue weighted by Gasteiger charge is -2.31. The molecular weight excluding hydrogens is 1070 g/mol. The molecule has 21 nitrogen and oxygen atoms in total. The van der Waals surface area contributed by atoms with Gasteiger partial charge < -0.3 is 49.7 Å². The minimum absolute atomic E-state index is 0.0182. The summed E-state index contributed by atoms with van der Waals surface area (Å²) in [6, 6.07) is 6.98. The average molecular weight is 1150 g/mol. The summed E-state index contributed by atoms with van der Waals surface area (Å²) in [4.78, 5) is 63.8. The Labute approximate surface area is 461 Å². The number of nitrogens with two attached hydrogens (primary N) is 1. The summed E-state index contributed by atoms with van der Waals surface area (Å²) >= 11 is 1.93. The van der Waals surface area contributed by atoms with Gasteiger partial charge in [-0.05, 0) is 81.7 Å². The Bertz CT molecular complexity index is 2820. The minimum Gasteiger partial charge on any atom is -0.469 e. The van der Waals surface area contributed by atoms with E-state index in [-0.39, 0.29) is 90.3 Å². The van der Waals surface area contributed by atoms with Gasteiger partial charge in [0.1, 0.15) is 21.4 Å². The predicted molar refractivity (Wildman–Crippen MR) is 291 cm³/mol. The number of amides is 3. The molecule has 1 unspecified atom stereocenters. The van der Waals surface area contributed by atoms with Crippen molar-refractivity contribution in [1.82, 2.24) is 15.5 Å². The molecule has 78 heavy (non-hydrogen) atoms. The number of ether oxygens (including phenoxy) is 6. The zero-order chi connectivity index (χ0) is 56.6. The van der Waals surface area contributed by atoms with Crippen molar-refractivity contribution in [2.75, 3.05) is 78.8 Å². The molecule has 430 valence electrons. The number of carbonyl (C=O) groups excluding carboxylic acids is 5. The number of methoxy groups -OCH3 is 1. The standard InChI is InChI=1S/C54H74N4O17S3/c1-5-58-47-44(57-54(58)63)33-76-45(47)14-7-6-12-38(59)13-10-23-71-25-27-73-29-30-74-28-26-72-24-21-39(60)32-37(53(62)70-4)11-8-9-22-56-52(61)36-16-18-40(35(3)31-36)46-41-17-15-34(2)50(77(64,65)66)48(41)75-49-42(46)19-20-43(55)51(49)78(67,68)69/h15-20,31,37,43-45,47H,5-14,21-30,32-33,55H2,1-4H3,(H,56,61)(H,57,63)(H,64,65,66)(H,67,68,69)/t37-,43?,44+,45+,47+/m1/s1. The lowest BCUT2D eigenvalue weighted by molar-refractivity contribution is -0.147. The molecule has 0 aromatic heterocycles. The van der Waals surface area contributed by atoms with Crippen LogP contribution in [0.2, 0.25) is 0 Å². The van der Waals surface area contributed by atoms with Crippen molar-refractivity contribution in [2.45, 2.75) is 120 Å². The van der Waals surface area contributed by atoms with Crippen molar-refractivity contribution in [3.8, 4) is 5.75 Å². The topological polar surface area (TPSA) is 303 Å². The summed E-state index contributed by atoms with van der Waals surface area (Å²) in [5.41, 5.74) is 8.11. The average Bonchev–Trinajstić information content (AvgIpc) is 3.98. The van der Waals surface area contributed by atoms with Gasteiger partial charge in [-0.15, -0.1) is 0 Å². The van der Waals surface area contributed by atoms with E-state index in [1.54, 1.807) is 25.1 Å². The highest BCUT2D eigenvalue weighted by Crippen LogP contribution is 2.49. The maximum absolute atomic E-state index is 13.3. The molecule has 2 fully saturated rings. The van der Waals surface area contributed by atoms with Crippen molar-refractivity contribution >= 4 is 67.0 Å². The number of hydrogen-bond donors (Lipinski definition) is 5. The molecule has 4 aliphatic rings. The van der Waals surface area contributed by atoms with Crippen LogP contribution in [0.5, 0.6) is 5.75 Å². The van der Waals surface area contributed by atoms with Crippen molar-refractivity contribution in [3.63, 3.8) is 0 Å². The third-order valence-electron chi connectivity index (χ3n) is 14.0. The molecule has 6 N–H and O–H groups in total. The van der Waals surface area contributed by atoms with E-state index in [1.165, 1.54) is 38.3 Å². The number of Topliss-reactive ketones (excluding diaryl/α,β-unsaturated/α-hetero) is 2. The number of aryl methyl sites for hydroxylation is 2. The first-order valence-corrected chi connectivity index (χ1v) is 30.4. The van der Waals surface area contributed by atoms with Crippen LogP contribution in [-0.2, 0) is 58.3 Å². The molecule has 0 radical (unpaired) electrons. The van der Waals surface area contributed by atoms with Crippen molar-refractivity contribution in [2.24, 2.45) is 11.7 Å². The monoisotopic (exact) mass is 1150 g/mol. The molecule has 3 heterocycles. The van der Waals surface area contributed by atoms with Crippen LogP contribution in [0.15, 0.2) is 63.6 Å². The molecule has 24 heteroatoms. The normalized spacial score (nSPS) is 19.3. The first kappa shape index (κ1) is 62.2. The zero-order valence-corrected chi connectivity index (χ0v) is 47.2. The van der Waals surface area contributed by atoms with Gasteiger partial charge in [0.25, 0.3) is 26.1 Å². The SMILES string of the molecule is CCN1C(=O)N[C@H]2CS[C@@H](CCCCC(=O)CCCOCCOCCOCCOCCC(=O)C[C@@H](CCCCNC(=O)c3ccc(C4=C5C=CC(N)C(S(=O)(=O)O)=C5Oc5c4ccc(C)c5S(=O)(=O)O)c(C)c3)C(=O)OC)[C@H]21. The third-order valence-corrected chi connectivity index (χ3v) is 17.5. The van der Waals surface area contributed by atoms with Crippen molar-refractivity contribution < 1.29 is 78.3 Å². The Morgan fingerprint density at radius 3 is 2.15 bits per heavy atom. The fraction of sp³-hybridized carbons (Fsp3) is 0.574. The number of likely N-dealkylation sites (N-methyl/N-ethyl adjacent to an activating group) is 1. The number of hydrogen-bond acceptors (Lipinski definition) is 17. The first-order valence-electron chi connectivity index (χ1n) is 26.4. The number of ketones is 2. The summed E-state index contributed by atoms with van der Waals surface area (Å²) in [5.74, 6) is -1.29. The number of nitrogens with one attached hydrogen (secondary N) is 2. The number of urea groups is 1. The maximum Gasteiger partial charge on any atom is 0.318 e. The van der Waals surface area contributed by atoms with Crippen molar-refractivity contribution in [1.29, 1.82) is 0 Å². The largest absolute Gasteiger partial charge is 0.469 e. The van der Waals surface area contributed by atoms with Crippen LogP contribution in [0.3, 0.4) is 0 Å². The second-order valence-corrected chi connectivity index (χ2v) is 23.6. The van der Waals surface area contributed by atoms with Gasteiger partial charge in [0, 0.05) is 78.7 Å². The van der Waals surface area contributed by atoms with Crippen LogP contribution in [-0.4, -0.2) is 162 Å². The fourth-order valence-corrected chi connectivity index (χ4v) is 13.4. The maximum atomic E-state index is 13.3. The molecule has 0 spiro atoms.